The predicted molar refractivity (Wildman–Crippen MR) is 67.0 cm³/mol. The van der Waals surface area contributed by atoms with Crippen molar-refractivity contribution in [3.63, 3.8) is 0 Å². The molecular weight excluding hydrogens is 198 g/mol. The van der Waals surface area contributed by atoms with E-state index < -0.39 is 0 Å². The van der Waals surface area contributed by atoms with Gasteiger partial charge in [0.2, 0.25) is 0 Å². The number of fused-ring (bicyclic) bond motifs is 3. The minimum Gasteiger partial charge on any atom is -0.378 e. The number of para-hydroxylation sites is 2. The zero-order chi connectivity index (χ0) is 11.1. The molecule has 0 fully saturated rings. The molecular formula is C13H13N3. The van der Waals surface area contributed by atoms with Crippen LogP contribution in [0.3, 0.4) is 0 Å². The van der Waals surface area contributed by atoms with Crippen LogP contribution >= 0.6 is 0 Å². The number of nitrogens with zero attached hydrogens (tertiary/aromatic N) is 3. The van der Waals surface area contributed by atoms with E-state index in [1.165, 1.54) is 5.69 Å². The highest BCUT2D eigenvalue weighted by molar-refractivity contribution is 5.81. The highest BCUT2D eigenvalue weighted by Gasteiger charge is 2.04. The maximum absolute atomic E-state index is 4.59. The SMILES string of the molecule is CN(C)c1ccn2c(c1)nc1ccccc12. The number of hydrogen-bond donors (Lipinski definition) is 0. The van der Waals surface area contributed by atoms with Crippen molar-refractivity contribution in [3.8, 4) is 0 Å². The van der Waals surface area contributed by atoms with E-state index in [9.17, 15) is 0 Å². The quantitative estimate of drug-likeness (QED) is 0.616. The fourth-order valence-electron chi connectivity index (χ4n) is 1.93. The van der Waals surface area contributed by atoms with Crippen LogP contribution in [0.25, 0.3) is 16.7 Å². The summed E-state index contributed by atoms with van der Waals surface area (Å²) >= 11 is 0. The van der Waals surface area contributed by atoms with E-state index in [1.54, 1.807) is 0 Å². The second kappa shape index (κ2) is 3.23. The monoisotopic (exact) mass is 211 g/mol. The molecule has 3 nitrogen and oxygen atoms in total. The number of pyridine rings is 1. The van der Waals surface area contributed by atoms with Crippen molar-refractivity contribution in [2.75, 3.05) is 19.0 Å². The predicted octanol–water partition coefficient (Wildman–Crippen LogP) is 2.55. The third-order valence-electron chi connectivity index (χ3n) is 2.81. The zero-order valence-electron chi connectivity index (χ0n) is 9.38. The summed E-state index contributed by atoms with van der Waals surface area (Å²) in [6, 6.07) is 12.4. The molecule has 0 atom stereocenters. The standard InChI is InChI=1S/C13H13N3/c1-15(2)10-7-8-16-12-6-4-3-5-11(12)14-13(16)9-10/h3-9H,1-2H3. The fraction of sp³-hybridized carbons (Fsp3) is 0.154. The van der Waals surface area contributed by atoms with Gasteiger partial charge in [0.1, 0.15) is 5.65 Å². The van der Waals surface area contributed by atoms with Crippen molar-refractivity contribution in [2.45, 2.75) is 0 Å². The van der Waals surface area contributed by atoms with Crippen LogP contribution in [0, 0.1) is 0 Å². The molecule has 2 aromatic heterocycles. The van der Waals surface area contributed by atoms with E-state index in [2.05, 4.69) is 38.7 Å². The first-order valence-electron chi connectivity index (χ1n) is 5.30. The Hall–Kier alpha value is -2.03. The Kier molecular flexibility index (Phi) is 1.86. The molecule has 2 heterocycles. The van der Waals surface area contributed by atoms with Gasteiger partial charge < -0.3 is 4.90 Å². The van der Waals surface area contributed by atoms with Gasteiger partial charge in [-0.3, -0.25) is 4.40 Å². The van der Waals surface area contributed by atoms with Gasteiger partial charge in [-0.25, -0.2) is 4.98 Å². The third-order valence-corrected chi connectivity index (χ3v) is 2.81. The fourth-order valence-corrected chi connectivity index (χ4v) is 1.93. The highest BCUT2D eigenvalue weighted by atomic mass is 15.1. The van der Waals surface area contributed by atoms with Crippen molar-refractivity contribution >= 4 is 22.4 Å². The summed E-state index contributed by atoms with van der Waals surface area (Å²) in [7, 11) is 4.07. The second-order valence-electron chi connectivity index (χ2n) is 4.11. The molecule has 0 radical (unpaired) electrons. The van der Waals surface area contributed by atoms with E-state index in [0.717, 1.165) is 16.7 Å². The molecule has 1 aromatic carbocycles. The molecule has 16 heavy (non-hydrogen) atoms. The summed E-state index contributed by atoms with van der Waals surface area (Å²) in [5, 5.41) is 0. The van der Waals surface area contributed by atoms with Crippen LogP contribution in [0.2, 0.25) is 0 Å². The summed E-state index contributed by atoms with van der Waals surface area (Å²) in [5.74, 6) is 0. The van der Waals surface area contributed by atoms with Crippen LogP contribution in [0.5, 0.6) is 0 Å². The van der Waals surface area contributed by atoms with Gasteiger partial charge in [0, 0.05) is 32.0 Å². The van der Waals surface area contributed by atoms with Crippen LogP contribution in [0.4, 0.5) is 5.69 Å². The van der Waals surface area contributed by atoms with Gasteiger partial charge >= 0.3 is 0 Å². The van der Waals surface area contributed by atoms with Crippen molar-refractivity contribution in [1.29, 1.82) is 0 Å². The molecule has 0 aliphatic rings. The van der Waals surface area contributed by atoms with Gasteiger partial charge in [0.15, 0.2) is 0 Å². The van der Waals surface area contributed by atoms with E-state index in [4.69, 9.17) is 0 Å². The van der Waals surface area contributed by atoms with Gasteiger partial charge in [-0.15, -0.1) is 0 Å². The Bertz CT molecular complexity index is 652. The molecule has 0 aliphatic heterocycles. The number of rotatable bonds is 1. The van der Waals surface area contributed by atoms with E-state index in [0.29, 0.717) is 0 Å². The second-order valence-corrected chi connectivity index (χ2v) is 4.11. The summed E-state index contributed by atoms with van der Waals surface area (Å²) in [4.78, 5) is 6.68. The number of benzene rings is 1. The largest absolute Gasteiger partial charge is 0.378 e. The molecule has 0 amide bonds. The number of aromatic nitrogens is 2. The lowest BCUT2D eigenvalue weighted by Crippen LogP contribution is -2.08. The smallest absolute Gasteiger partial charge is 0.139 e. The molecule has 3 aromatic rings. The molecule has 80 valence electrons. The minimum atomic E-state index is 0.993. The molecule has 3 rings (SSSR count). The van der Waals surface area contributed by atoms with Crippen LogP contribution in [-0.4, -0.2) is 23.5 Å². The molecule has 3 heteroatoms. The van der Waals surface area contributed by atoms with E-state index >= 15 is 0 Å². The van der Waals surface area contributed by atoms with E-state index in [-0.39, 0.29) is 0 Å². The Morgan fingerprint density at radius 3 is 2.75 bits per heavy atom. The first-order valence-corrected chi connectivity index (χ1v) is 5.30. The minimum absolute atomic E-state index is 0.993. The van der Waals surface area contributed by atoms with Gasteiger partial charge in [0.05, 0.1) is 11.0 Å². The number of hydrogen-bond acceptors (Lipinski definition) is 2. The normalized spacial score (nSPS) is 11.1. The summed E-state index contributed by atoms with van der Waals surface area (Å²) < 4.78 is 2.11. The Balaban J connectivity index is 2.37. The Morgan fingerprint density at radius 2 is 1.94 bits per heavy atom. The maximum atomic E-state index is 4.59. The average molecular weight is 211 g/mol. The molecule has 0 N–H and O–H groups in total. The van der Waals surface area contributed by atoms with Gasteiger partial charge in [0.25, 0.3) is 0 Å². The highest BCUT2D eigenvalue weighted by Crippen LogP contribution is 2.20. The van der Waals surface area contributed by atoms with E-state index in [1.807, 2.05) is 32.3 Å². The molecule has 0 spiro atoms. The molecule has 0 aliphatic carbocycles. The van der Waals surface area contributed by atoms with Gasteiger partial charge in [-0.1, -0.05) is 12.1 Å². The van der Waals surface area contributed by atoms with Crippen LogP contribution < -0.4 is 4.90 Å². The van der Waals surface area contributed by atoms with Crippen LogP contribution in [-0.2, 0) is 0 Å². The van der Waals surface area contributed by atoms with Crippen molar-refractivity contribution in [2.24, 2.45) is 0 Å². The van der Waals surface area contributed by atoms with Crippen molar-refractivity contribution in [3.05, 3.63) is 42.6 Å². The summed E-state index contributed by atoms with van der Waals surface area (Å²) in [6.07, 6.45) is 2.07. The van der Waals surface area contributed by atoms with Crippen molar-refractivity contribution in [1.82, 2.24) is 9.38 Å². The zero-order valence-corrected chi connectivity index (χ0v) is 9.38. The van der Waals surface area contributed by atoms with Crippen LogP contribution in [0.1, 0.15) is 0 Å². The van der Waals surface area contributed by atoms with Crippen molar-refractivity contribution < 1.29 is 0 Å². The molecule has 0 unspecified atom stereocenters. The van der Waals surface area contributed by atoms with Gasteiger partial charge in [-0.05, 0) is 18.2 Å². The molecule has 0 saturated carbocycles. The third kappa shape index (κ3) is 1.25. The summed E-state index contributed by atoms with van der Waals surface area (Å²) in [6.45, 7) is 0. The maximum Gasteiger partial charge on any atom is 0.139 e. The lowest BCUT2D eigenvalue weighted by molar-refractivity contribution is 1.11. The first kappa shape index (κ1) is 9.21. The van der Waals surface area contributed by atoms with Crippen LogP contribution in [0.15, 0.2) is 42.6 Å². The number of anilines is 1. The lowest BCUT2D eigenvalue weighted by atomic mass is 10.3. The molecule has 0 saturated heterocycles. The number of imidazole rings is 1. The Labute approximate surface area is 93.9 Å². The Morgan fingerprint density at radius 1 is 1.12 bits per heavy atom. The summed E-state index contributed by atoms with van der Waals surface area (Å²) in [5.41, 5.74) is 4.36. The lowest BCUT2D eigenvalue weighted by Gasteiger charge is -2.11. The first-order chi connectivity index (χ1) is 7.75. The topological polar surface area (TPSA) is 20.5 Å². The average Bonchev–Trinajstić information content (AvgIpc) is 2.66. The van der Waals surface area contributed by atoms with Gasteiger partial charge in [-0.2, -0.15) is 0 Å². The molecule has 0 bridgehead atoms.